The lowest BCUT2D eigenvalue weighted by Crippen LogP contribution is -2.10. The maximum atomic E-state index is 12.6. The lowest BCUT2D eigenvalue weighted by atomic mass is 10.1. The third-order valence-corrected chi connectivity index (χ3v) is 4.75. The van der Waals surface area contributed by atoms with Crippen LogP contribution in [0.4, 0.5) is 11.4 Å². The predicted octanol–water partition coefficient (Wildman–Crippen LogP) is 5.31. The number of anilines is 1. The van der Waals surface area contributed by atoms with Gasteiger partial charge in [0.05, 0.1) is 16.1 Å². The summed E-state index contributed by atoms with van der Waals surface area (Å²) >= 11 is 0. The number of rotatable bonds is 5. The second-order valence-corrected chi connectivity index (χ2v) is 6.84. The highest BCUT2D eigenvalue weighted by Crippen LogP contribution is 2.31. The molecule has 5 aromatic rings. The number of para-hydroxylation sites is 1. The number of nitrogens with zero attached hydrogens (tertiary/aromatic N) is 3. The summed E-state index contributed by atoms with van der Waals surface area (Å²) in [6.45, 7) is 0. The monoisotopic (exact) mass is 426 g/mol. The van der Waals surface area contributed by atoms with Crippen LogP contribution in [0, 0.1) is 10.1 Å². The maximum absolute atomic E-state index is 12.6. The summed E-state index contributed by atoms with van der Waals surface area (Å²) in [6, 6.07) is 17.9. The third-order valence-electron chi connectivity index (χ3n) is 4.75. The molecule has 156 valence electrons. The highest BCUT2D eigenvalue weighted by atomic mass is 16.6. The van der Waals surface area contributed by atoms with Gasteiger partial charge < -0.3 is 14.2 Å². The lowest BCUT2D eigenvalue weighted by Gasteiger charge is -2.03. The van der Waals surface area contributed by atoms with Gasteiger partial charge >= 0.3 is 0 Å². The largest absolute Gasteiger partial charge is 0.451 e. The topological polar surface area (TPSA) is 124 Å². The molecule has 0 saturated carbocycles. The average molecular weight is 426 g/mol. The van der Waals surface area contributed by atoms with E-state index in [1.807, 2.05) is 6.07 Å². The number of nitrogens with one attached hydrogen (secondary N) is 1. The number of carbonyl (C=O) groups is 1. The Hall–Kier alpha value is -4.79. The lowest BCUT2D eigenvalue weighted by molar-refractivity contribution is -0.384. The van der Waals surface area contributed by atoms with Crippen molar-refractivity contribution >= 4 is 28.4 Å². The normalized spacial score (nSPS) is 10.9. The molecule has 9 nitrogen and oxygen atoms in total. The van der Waals surface area contributed by atoms with Gasteiger partial charge in [0.1, 0.15) is 11.3 Å². The molecule has 5 rings (SSSR count). The van der Waals surface area contributed by atoms with E-state index in [4.69, 9.17) is 8.83 Å². The van der Waals surface area contributed by atoms with E-state index in [2.05, 4.69) is 15.3 Å². The summed E-state index contributed by atoms with van der Waals surface area (Å²) in [5.74, 6) is 0.187. The van der Waals surface area contributed by atoms with Crippen molar-refractivity contribution in [1.29, 1.82) is 0 Å². The van der Waals surface area contributed by atoms with Gasteiger partial charge in [0.15, 0.2) is 11.3 Å². The molecule has 0 atom stereocenters. The minimum absolute atomic E-state index is 0.0226. The van der Waals surface area contributed by atoms with Crippen LogP contribution >= 0.6 is 0 Å². The molecule has 32 heavy (non-hydrogen) atoms. The zero-order valence-corrected chi connectivity index (χ0v) is 16.4. The summed E-state index contributed by atoms with van der Waals surface area (Å²) in [6.07, 6.45) is 3.31. The van der Waals surface area contributed by atoms with Crippen molar-refractivity contribution in [3.63, 3.8) is 0 Å². The molecule has 3 heterocycles. The molecule has 0 fully saturated rings. The van der Waals surface area contributed by atoms with E-state index in [1.165, 1.54) is 18.2 Å². The number of aromatic nitrogens is 2. The first-order valence-electron chi connectivity index (χ1n) is 9.54. The number of carbonyl (C=O) groups excluding carboxylic acids is 1. The standard InChI is InChI=1S/C23H14N4O5/c28-22(21-10-9-19(31-21)16-5-1-2-6-18(16)27(29)30)25-15-7-8-20-17(12-15)26-23(32-20)14-4-3-11-24-13-14/h1-13H,(H,25,28). The second-order valence-electron chi connectivity index (χ2n) is 6.84. The molecule has 9 heteroatoms. The van der Waals surface area contributed by atoms with Gasteiger partial charge in [-0.25, -0.2) is 4.98 Å². The highest BCUT2D eigenvalue weighted by molar-refractivity contribution is 6.03. The van der Waals surface area contributed by atoms with Crippen molar-refractivity contribution in [1.82, 2.24) is 9.97 Å². The van der Waals surface area contributed by atoms with Crippen LogP contribution in [-0.4, -0.2) is 20.8 Å². The van der Waals surface area contributed by atoms with E-state index in [0.717, 1.165) is 5.56 Å². The van der Waals surface area contributed by atoms with E-state index < -0.39 is 10.8 Å². The third kappa shape index (κ3) is 3.58. The fourth-order valence-corrected chi connectivity index (χ4v) is 3.26. The van der Waals surface area contributed by atoms with Gasteiger partial charge in [0, 0.05) is 24.1 Å². The Bertz CT molecular complexity index is 1460. The summed E-state index contributed by atoms with van der Waals surface area (Å²) < 4.78 is 11.3. The molecule has 0 aliphatic heterocycles. The molecule has 0 unspecified atom stereocenters. The van der Waals surface area contributed by atoms with E-state index >= 15 is 0 Å². The second kappa shape index (κ2) is 7.80. The van der Waals surface area contributed by atoms with Gasteiger partial charge in [-0.15, -0.1) is 0 Å². The number of nitro groups is 1. The number of pyridine rings is 1. The highest BCUT2D eigenvalue weighted by Gasteiger charge is 2.19. The molecular formula is C23H14N4O5. The van der Waals surface area contributed by atoms with Gasteiger partial charge in [0.25, 0.3) is 11.6 Å². The number of furan rings is 1. The van der Waals surface area contributed by atoms with Gasteiger partial charge in [-0.1, -0.05) is 12.1 Å². The van der Waals surface area contributed by atoms with Crippen LogP contribution in [0.1, 0.15) is 10.6 Å². The Labute approximate surface area is 180 Å². The van der Waals surface area contributed by atoms with Crippen LogP contribution in [0.25, 0.3) is 33.9 Å². The van der Waals surface area contributed by atoms with Crippen LogP contribution in [-0.2, 0) is 0 Å². The molecule has 1 amide bonds. The first kappa shape index (κ1) is 19.2. The Balaban J connectivity index is 1.38. The van der Waals surface area contributed by atoms with Gasteiger partial charge in [-0.05, 0) is 48.5 Å². The molecule has 0 bridgehead atoms. The van der Waals surface area contributed by atoms with Crippen LogP contribution in [0.3, 0.4) is 0 Å². The zero-order valence-electron chi connectivity index (χ0n) is 16.4. The number of oxazole rings is 1. The summed E-state index contributed by atoms with van der Waals surface area (Å²) in [4.78, 5) is 31.9. The Morgan fingerprint density at radius 3 is 2.69 bits per heavy atom. The number of fused-ring (bicyclic) bond motifs is 1. The Kier molecular flexibility index (Phi) is 4.68. The number of amides is 1. The minimum atomic E-state index is -0.496. The molecule has 3 aromatic heterocycles. The van der Waals surface area contributed by atoms with Crippen molar-refractivity contribution in [2.24, 2.45) is 0 Å². The van der Waals surface area contributed by atoms with Gasteiger partial charge in [-0.2, -0.15) is 0 Å². The van der Waals surface area contributed by atoms with Crippen molar-refractivity contribution in [2.75, 3.05) is 5.32 Å². The Morgan fingerprint density at radius 1 is 1.00 bits per heavy atom. The molecule has 0 aliphatic carbocycles. The average Bonchev–Trinajstić information content (AvgIpc) is 3.47. The SMILES string of the molecule is O=C(Nc1ccc2oc(-c3cccnc3)nc2c1)c1ccc(-c2ccccc2[N+](=O)[O-])o1. The Morgan fingerprint density at radius 2 is 1.88 bits per heavy atom. The fraction of sp³-hybridized carbons (Fsp3) is 0. The molecule has 2 aromatic carbocycles. The van der Waals surface area contributed by atoms with Crippen molar-refractivity contribution in [2.45, 2.75) is 0 Å². The van der Waals surface area contributed by atoms with Crippen LogP contribution in [0.2, 0.25) is 0 Å². The van der Waals surface area contributed by atoms with Crippen LogP contribution in [0.5, 0.6) is 0 Å². The minimum Gasteiger partial charge on any atom is -0.451 e. The molecule has 0 spiro atoms. The molecule has 0 saturated heterocycles. The molecule has 1 N–H and O–H groups in total. The van der Waals surface area contributed by atoms with E-state index in [-0.39, 0.29) is 17.2 Å². The van der Waals surface area contributed by atoms with Gasteiger partial charge in [-0.3, -0.25) is 19.9 Å². The zero-order chi connectivity index (χ0) is 22.1. The molecule has 0 radical (unpaired) electrons. The number of hydrogen-bond donors (Lipinski definition) is 1. The summed E-state index contributed by atoms with van der Waals surface area (Å²) in [5.41, 5.74) is 2.57. The molecule has 0 aliphatic rings. The van der Waals surface area contributed by atoms with Crippen molar-refractivity contribution in [3.05, 3.63) is 95.0 Å². The van der Waals surface area contributed by atoms with Crippen molar-refractivity contribution < 1.29 is 18.6 Å². The maximum Gasteiger partial charge on any atom is 0.291 e. The van der Waals surface area contributed by atoms with E-state index in [1.54, 1.807) is 54.9 Å². The molecular weight excluding hydrogens is 412 g/mol. The predicted molar refractivity (Wildman–Crippen MR) is 116 cm³/mol. The number of benzene rings is 2. The van der Waals surface area contributed by atoms with Crippen LogP contribution in [0.15, 0.2) is 88.0 Å². The first-order valence-corrected chi connectivity index (χ1v) is 9.54. The van der Waals surface area contributed by atoms with E-state index in [0.29, 0.717) is 28.2 Å². The summed E-state index contributed by atoms with van der Waals surface area (Å²) in [7, 11) is 0. The van der Waals surface area contributed by atoms with Gasteiger partial charge in [0.2, 0.25) is 5.89 Å². The van der Waals surface area contributed by atoms with Crippen molar-refractivity contribution in [3.8, 4) is 22.8 Å². The number of nitro benzene ring substituents is 1. The summed E-state index contributed by atoms with van der Waals surface area (Å²) in [5, 5.41) is 14.0. The van der Waals surface area contributed by atoms with E-state index in [9.17, 15) is 14.9 Å². The smallest absolute Gasteiger partial charge is 0.291 e. The first-order chi connectivity index (χ1) is 15.6. The fourth-order valence-electron chi connectivity index (χ4n) is 3.26. The van der Waals surface area contributed by atoms with Crippen LogP contribution < -0.4 is 5.32 Å². The quantitative estimate of drug-likeness (QED) is 0.298. The number of hydrogen-bond acceptors (Lipinski definition) is 7.